The van der Waals surface area contributed by atoms with Gasteiger partial charge in [-0.15, -0.1) is 0 Å². The summed E-state index contributed by atoms with van der Waals surface area (Å²) in [5.41, 5.74) is 0.305. The SMILES string of the molecule is O=C(O)CCC1CCOc2cc(F)cc(F)c21. The number of rotatable bonds is 3. The zero-order chi connectivity index (χ0) is 12.4. The number of ether oxygens (including phenoxy) is 1. The van der Waals surface area contributed by atoms with Gasteiger partial charge in [0.1, 0.15) is 17.4 Å². The van der Waals surface area contributed by atoms with E-state index in [2.05, 4.69) is 0 Å². The van der Waals surface area contributed by atoms with Crippen LogP contribution in [0.5, 0.6) is 5.75 Å². The van der Waals surface area contributed by atoms with Crippen molar-refractivity contribution in [1.82, 2.24) is 0 Å². The van der Waals surface area contributed by atoms with E-state index >= 15 is 0 Å². The summed E-state index contributed by atoms with van der Waals surface area (Å²) >= 11 is 0. The Kier molecular flexibility index (Phi) is 3.26. The molecule has 0 saturated carbocycles. The molecule has 92 valence electrons. The molecule has 0 saturated heterocycles. The largest absolute Gasteiger partial charge is 0.493 e. The molecule has 0 bridgehead atoms. The number of halogens is 2. The molecule has 1 aliphatic rings. The summed E-state index contributed by atoms with van der Waals surface area (Å²) in [6, 6.07) is 1.95. The average Bonchev–Trinajstić information content (AvgIpc) is 2.25. The minimum Gasteiger partial charge on any atom is -0.493 e. The summed E-state index contributed by atoms with van der Waals surface area (Å²) in [4.78, 5) is 10.5. The predicted octanol–water partition coefficient (Wildman–Crippen LogP) is 2.70. The van der Waals surface area contributed by atoms with Crippen LogP contribution in [0.25, 0.3) is 0 Å². The molecule has 1 aliphatic heterocycles. The molecular weight excluding hydrogens is 230 g/mol. The first-order valence-electron chi connectivity index (χ1n) is 5.41. The second kappa shape index (κ2) is 4.69. The summed E-state index contributed by atoms with van der Waals surface area (Å²) in [6.07, 6.45) is 0.873. The van der Waals surface area contributed by atoms with E-state index in [0.29, 0.717) is 25.0 Å². The van der Waals surface area contributed by atoms with Crippen LogP contribution < -0.4 is 4.74 Å². The van der Waals surface area contributed by atoms with E-state index in [-0.39, 0.29) is 18.1 Å². The highest BCUT2D eigenvalue weighted by Crippen LogP contribution is 2.38. The van der Waals surface area contributed by atoms with Crippen LogP contribution in [0.1, 0.15) is 30.7 Å². The summed E-state index contributed by atoms with van der Waals surface area (Å²) < 4.78 is 31.8. The van der Waals surface area contributed by atoms with E-state index in [9.17, 15) is 13.6 Å². The lowest BCUT2D eigenvalue weighted by Gasteiger charge is -2.26. The number of aliphatic carboxylic acids is 1. The fourth-order valence-corrected chi connectivity index (χ4v) is 2.12. The van der Waals surface area contributed by atoms with Crippen molar-refractivity contribution in [3.05, 3.63) is 29.3 Å². The van der Waals surface area contributed by atoms with Gasteiger partial charge in [0, 0.05) is 24.1 Å². The van der Waals surface area contributed by atoms with Crippen molar-refractivity contribution in [3.8, 4) is 5.75 Å². The van der Waals surface area contributed by atoms with Crippen molar-refractivity contribution >= 4 is 5.97 Å². The molecule has 1 unspecified atom stereocenters. The quantitative estimate of drug-likeness (QED) is 0.886. The second-order valence-corrected chi connectivity index (χ2v) is 4.07. The highest BCUT2D eigenvalue weighted by Gasteiger charge is 2.26. The summed E-state index contributed by atoms with van der Waals surface area (Å²) in [7, 11) is 0. The molecule has 3 nitrogen and oxygen atoms in total. The maximum Gasteiger partial charge on any atom is 0.303 e. The lowest BCUT2D eigenvalue weighted by Crippen LogP contribution is -2.17. The van der Waals surface area contributed by atoms with Gasteiger partial charge < -0.3 is 9.84 Å². The molecule has 1 atom stereocenters. The van der Waals surface area contributed by atoms with E-state index in [1.807, 2.05) is 0 Å². The van der Waals surface area contributed by atoms with E-state index < -0.39 is 17.6 Å². The Hall–Kier alpha value is -1.65. The molecule has 1 aromatic rings. The van der Waals surface area contributed by atoms with Crippen molar-refractivity contribution in [2.24, 2.45) is 0 Å². The Bertz CT molecular complexity index is 446. The van der Waals surface area contributed by atoms with Gasteiger partial charge in [-0.3, -0.25) is 4.79 Å². The topological polar surface area (TPSA) is 46.5 Å². The van der Waals surface area contributed by atoms with Crippen LogP contribution in [0.3, 0.4) is 0 Å². The minimum atomic E-state index is -0.916. The fraction of sp³-hybridized carbons (Fsp3) is 0.417. The number of benzene rings is 1. The van der Waals surface area contributed by atoms with Crippen LogP contribution in [0, 0.1) is 11.6 Å². The normalized spacial score (nSPS) is 18.4. The molecule has 17 heavy (non-hydrogen) atoms. The monoisotopic (exact) mass is 242 g/mol. The Balaban J connectivity index is 2.27. The number of fused-ring (bicyclic) bond motifs is 1. The van der Waals surface area contributed by atoms with Crippen LogP contribution in [-0.2, 0) is 4.79 Å². The first-order chi connectivity index (χ1) is 8.08. The van der Waals surface area contributed by atoms with Crippen LogP contribution in [0.4, 0.5) is 8.78 Å². The summed E-state index contributed by atoms with van der Waals surface area (Å²) in [5, 5.41) is 8.62. The third-order valence-electron chi connectivity index (χ3n) is 2.90. The highest BCUT2D eigenvalue weighted by atomic mass is 19.1. The van der Waals surface area contributed by atoms with Gasteiger partial charge in [0.05, 0.1) is 6.61 Å². The Labute approximate surface area is 97.0 Å². The van der Waals surface area contributed by atoms with Crippen molar-refractivity contribution in [3.63, 3.8) is 0 Å². The van der Waals surface area contributed by atoms with Crippen LogP contribution >= 0.6 is 0 Å². The molecule has 0 aliphatic carbocycles. The molecule has 2 rings (SSSR count). The smallest absolute Gasteiger partial charge is 0.303 e. The standard InChI is InChI=1S/C12H12F2O3/c13-8-5-9(14)12-7(1-2-11(15)16)3-4-17-10(12)6-8/h5-7H,1-4H2,(H,15,16). The Morgan fingerprint density at radius 1 is 1.47 bits per heavy atom. The minimum absolute atomic E-state index is 0.0269. The first-order valence-corrected chi connectivity index (χ1v) is 5.41. The van der Waals surface area contributed by atoms with Gasteiger partial charge >= 0.3 is 5.97 Å². The molecule has 0 fully saturated rings. The zero-order valence-corrected chi connectivity index (χ0v) is 9.08. The van der Waals surface area contributed by atoms with Gasteiger partial charge in [0.25, 0.3) is 0 Å². The van der Waals surface area contributed by atoms with Crippen molar-refractivity contribution in [2.75, 3.05) is 6.61 Å². The molecule has 1 heterocycles. The van der Waals surface area contributed by atoms with Crippen molar-refractivity contribution in [1.29, 1.82) is 0 Å². The van der Waals surface area contributed by atoms with Crippen LogP contribution in [-0.4, -0.2) is 17.7 Å². The van der Waals surface area contributed by atoms with Crippen LogP contribution in [0.15, 0.2) is 12.1 Å². The summed E-state index contributed by atoms with van der Waals surface area (Å²) in [6.45, 7) is 0.361. The van der Waals surface area contributed by atoms with E-state index in [1.54, 1.807) is 0 Å². The van der Waals surface area contributed by atoms with Gasteiger partial charge in [-0.1, -0.05) is 0 Å². The third kappa shape index (κ3) is 2.54. The molecule has 5 heteroatoms. The first kappa shape index (κ1) is 11.8. The number of carboxylic acid groups (broad SMARTS) is 1. The molecule has 0 spiro atoms. The maximum absolute atomic E-state index is 13.6. The van der Waals surface area contributed by atoms with Crippen LogP contribution in [0.2, 0.25) is 0 Å². The molecule has 0 radical (unpaired) electrons. The zero-order valence-electron chi connectivity index (χ0n) is 9.08. The molecule has 1 N–H and O–H groups in total. The molecule has 0 amide bonds. The van der Waals surface area contributed by atoms with Gasteiger partial charge in [-0.05, 0) is 18.8 Å². The lowest BCUT2D eigenvalue weighted by atomic mass is 9.88. The van der Waals surface area contributed by atoms with Crippen molar-refractivity contribution in [2.45, 2.75) is 25.2 Å². The number of hydrogen-bond donors (Lipinski definition) is 1. The van der Waals surface area contributed by atoms with Crippen molar-refractivity contribution < 1.29 is 23.4 Å². The summed E-state index contributed by atoms with van der Waals surface area (Å²) in [5.74, 6) is -2.27. The van der Waals surface area contributed by atoms with Gasteiger partial charge in [0.15, 0.2) is 0 Å². The van der Waals surface area contributed by atoms with Gasteiger partial charge in [-0.25, -0.2) is 8.78 Å². The van der Waals surface area contributed by atoms with Gasteiger partial charge in [-0.2, -0.15) is 0 Å². The van der Waals surface area contributed by atoms with Gasteiger partial charge in [0.2, 0.25) is 0 Å². The Morgan fingerprint density at radius 2 is 2.24 bits per heavy atom. The highest BCUT2D eigenvalue weighted by molar-refractivity contribution is 5.66. The predicted molar refractivity (Wildman–Crippen MR) is 56.1 cm³/mol. The van der Waals surface area contributed by atoms with E-state index in [0.717, 1.165) is 12.1 Å². The third-order valence-corrected chi connectivity index (χ3v) is 2.90. The van der Waals surface area contributed by atoms with E-state index in [1.165, 1.54) is 0 Å². The molecule has 0 aromatic heterocycles. The average molecular weight is 242 g/mol. The number of carboxylic acids is 1. The molecule has 1 aromatic carbocycles. The number of hydrogen-bond acceptors (Lipinski definition) is 2. The Morgan fingerprint density at radius 3 is 2.94 bits per heavy atom. The molecular formula is C12H12F2O3. The second-order valence-electron chi connectivity index (χ2n) is 4.07. The lowest BCUT2D eigenvalue weighted by molar-refractivity contribution is -0.137. The number of carbonyl (C=O) groups is 1. The maximum atomic E-state index is 13.6. The fourth-order valence-electron chi connectivity index (χ4n) is 2.12. The van der Waals surface area contributed by atoms with E-state index in [4.69, 9.17) is 9.84 Å².